The number of thioether (sulfide) groups is 1. The van der Waals surface area contributed by atoms with E-state index in [0.29, 0.717) is 37.0 Å². The number of aromatic hydroxyl groups is 1. The number of anilines is 1. The molecule has 0 radical (unpaired) electrons. The summed E-state index contributed by atoms with van der Waals surface area (Å²) < 4.78 is 0. The van der Waals surface area contributed by atoms with Crippen molar-refractivity contribution in [2.24, 2.45) is 0 Å². The van der Waals surface area contributed by atoms with E-state index < -0.39 is 0 Å². The van der Waals surface area contributed by atoms with Gasteiger partial charge in [0, 0.05) is 31.2 Å². The predicted octanol–water partition coefficient (Wildman–Crippen LogP) is 5.22. The predicted molar refractivity (Wildman–Crippen MR) is 129 cm³/mol. The Kier molecular flexibility index (Phi) is 7.05. The van der Waals surface area contributed by atoms with Crippen LogP contribution in [-0.4, -0.2) is 47.8 Å². The first-order valence-corrected chi connectivity index (χ1v) is 11.8. The van der Waals surface area contributed by atoms with E-state index in [-0.39, 0.29) is 16.9 Å². The zero-order valence-corrected chi connectivity index (χ0v) is 18.7. The zero-order chi connectivity index (χ0) is 21.6. The summed E-state index contributed by atoms with van der Waals surface area (Å²) in [5, 5.41) is 10.9. The fraction of sp³-hybridized carbons (Fsp3) is 0.240. The molecule has 1 aliphatic heterocycles. The molecule has 31 heavy (non-hydrogen) atoms. The molecule has 1 N–H and O–H groups in total. The molecule has 1 atom stereocenters. The number of hydrogen-bond donors (Lipinski definition) is 1. The normalized spacial score (nSPS) is 15.0. The van der Waals surface area contributed by atoms with Gasteiger partial charge in [-0.15, -0.1) is 11.8 Å². The summed E-state index contributed by atoms with van der Waals surface area (Å²) in [6.45, 7) is 2.75. The average molecular weight is 453 g/mol. The summed E-state index contributed by atoms with van der Waals surface area (Å²) >= 11 is 7.72. The Balaban J connectivity index is 1.38. The number of hydrogen-bond acceptors (Lipinski definition) is 4. The Bertz CT molecular complexity index is 1010. The largest absolute Gasteiger partial charge is 0.506 e. The van der Waals surface area contributed by atoms with Crippen LogP contribution in [0.3, 0.4) is 0 Å². The molecule has 160 valence electrons. The first kappa shape index (κ1) is 21.6. The van der Waals surface area contributed by atoms with E-state index in [1.807, 2.05) is 65.6 Å². The van der Waals surface area contributed by atoms with Crippen LogP contribution >= 0.6 is 23.4 Å². The molecule has 0 bridgehead atoms. The third-order valence-electron chi connectivity index (χ3n) is 5.50. The second-order valence-electron chi connectivity index (χ2n) is 7.51. The number of rotatable bonds is 6. The molecule has 3 aromatic carbocycles. The second-order valence-corrected chi connectivity index (χ2v) is 9.04. The van der Waals surface area contributed by atoms with Crippen molar-refractivity contribution in [3.63, 3.8) is 0 Å². The van der Waals surface area contributed by atoms with Crippen LogP contribution < -0.4 is 4.90 Å². The number of nitrogens with zero attached hydrogens (tertiary/aromatic N) is 2. The standard InChI is InChI=1S/C25H25ClN2O2S/c26-21-12-10-20(11-13-21)25(19-6-2-1-3-7-19)31-18-24(30)28-16-14-27(15-17-28)22-8-4-5-9-23(22)29/h1-13,25,29H,14-18H2. The summed E-state index contributed by atoms with van der Waals surface area (Å²) in [5.74, 6) is 0.849. The molecule has 1 fully saturated rings. The summed E-state index contributed by atoms with van der Waals surface area (Å²) in [6, 6.07) is 25.5. The number of para-hydroxylation sites is 2. The fourth-order valence-electron chi connectivity index (χ4n) is 3.82. The minimum atomic E-state index is 0.0740. The SMILES string of the molecule is O=C(CSC(c1ccccc1)c1ccc(Cl)cc1)N1CCN(c2ccccc2O)CC1. The molecule has 1 heterocycles. The van der Waals surface area contributed by atoms with Gasteiger partial charge in [0.15, 0.2) is 0 Å². The number of phenolic OH excluding ortho intramolecular Hbond substituents is 1. The van der Waals surface area contributed by atoms with Crippen molar-refractivity contribution in [3.05, 3.63) is 95.0 Å². The maximum Gasteiger partial charge on any atom is 0.232 e. The summed E-state index contributed by atoms with van der Waals surface area (Å²) in [6.07, 6.45) is 0. The Morgan fingerprint density at radius 2 is 1.48 bits per heavy atom. The first-order chi connectivity index (χ1) is 15.1. The van der Waals surface area contributed by atoms with Crippen molar-refractivity contribution in [3.8, 4) is 5.75 Å². The van der Waals surface area contributed by atoms with Gasteiger partial charge in [0.2, 0.25) is 5.91 Å². The third-order valence-corrected chi connectivity index (χ3v) is 7.05. The molecule has 0 aliphatic carbocycles. The van der Waals surface area contributed by atoms with Crippen molar-refractivity contribution in [2.45, 2.75) is 5.25 Å². The fourth-order valence-corrected chi connectivity index (χ4v) is 5.14. The van der Waals surface area contributed by atoms with Crippen LogP contribution in [0.5, 0.6) is 5.75 Å². The summed E-state index contributed by atoms with van der Waals surface area (Å²) in [7, 11) is 0. The Morgan fingerprint density at radius 1 is 0.871 bits per heavy atom. The van der Waals surface area contributed by atoms with Gasteiger partial charge in [-0.3, -0.25) is 4.79 Å². The molecule has 1 aliphatic rings. The molecule has 3 aromatic rings. The van der Waals surface area contributed by atoms with Crippen molar-refractivity contribution in [1.82, 2.24) is 4.90 Å². The van der Waals surface area contributed by atoms with E-state index in [1.165, 1.54) is 5.56 Å². The van der Waals surface area contributed by atoms with E-state index >= 15 is 0 Å². The lowest BCUT2D eigenvalue weighted by Gasteiger charge is -2.36. The van der Waals surface area contributed by atoms with Crippen molar-refractivity contribution >= 4 is 35.0 Å². The van der Waals surface area contributed by atoms with Gasteiger partial charge >= 0.3 is 0 Å². The van der Waals surface area contributed by atoms with E-state index in [1.54, 1.807) is 17.8 Å². The van der Waals surface area contributed by atoms with Crippen LogP contribution in [0, 0.1) is 0 Å². The Morgan fingerprint density at radius 3 is 2.16 bits per heavy atom. The zero-order valence-electron chi connectivity index (χ0n) is 17.2. The first-order valence-electron chi connectivity index (χ1n) is 10.3. The minimum absolute atomic E-state index is 0.0740. The van der Waals surface area contributed by atoms with Crippen LogP contribution in [0.25, 0.3) is 0 Å². The molecule has 1 unspecified atom stereocenters. The van der Waals surface area contributed by atoms with Crippen LogP contribution in [-0.2, 0) is 4.79 Å². The number of phenols is 1. The van der Waals surface area contributed by atoms with Gasteiger partial charge in [-0.25, -0.2) is 0 Å². The van der Waals surface area contributed by atoms with Gasteiger partial charge in [0.05, 0.1) is 16.7 Å². The van der Waals surface area contributed by atoms with E-state index in [0.717, 1.165) is 11.3 Å². The van der Waals surface area contributed by atoms with Crippen LogP contribution in [0.4, 0.5) is 5.69 Å². The van der Waals surface area contributed by atoms with Gasteiger partial charge in [0.25, 0.3) is 0 Å². The number of amides is 1. The van der Waals surface area contributed by atoms with Gasteiger partial charge in [0.1, 0.15) is 5.75 Å². The lowest BCUT2D eigenvalue weighted by Crippen LogP contribution is -2.49. The van der Waals surface area contributed by atoms with E-state index in [2.05, 4.69) is 17.0 Å². The van der Waals surface area contributed by atoms with Crippen molar-refractivity contribution in [1.29, 1.82) is 0 Å². The molecule has 6 heteroatoms. The number of halogens is 1. The molecule has 1 saturated heterocycles. The molecule has 4 rings (SSSR count). The van der Waals surface area contributed by atoms with Gasteiger partial charge in [-0.2, -0.15) is 0 Å². The van der Waals surface area contributed by atoms with Crippen LogP contribution in [0.2, 0.25) is 5.02 Å². The van der Waals surface area contributed by atoms with Crippen molar-refractivity contribution in [2.75, 3.05) is 36.8 Å². The van der Waals surface area contributed by atoms with Crippen molar-refractivity contribution < 1.29 is 9.90 Å². The van der Waals surface area contributed by atoms with E-state index in [9.17, 15) is 9.90 Å². The summed E-state index contributed by atoms with van der Waals surface area (Å²) in [4.78, 5) is 17.0. The highest BCUT2D eigenvalue weighted by Crippen LogP contribution is 2.36. The van der Waals surface area contributed by atoms with E-state index in [4.69, 9.17) is 11.6 Å². The maximum absolute atomic E-state index is 12.9. The quantitative estimate of drug-likeness (QED) is 0.557. The number of carbonyl (C=O) groups is 1. The smallest absolute Gasteiger partial charge is 0.232 e. The lowest BCUT2D eigenvalue weighted by atomic mass is 10.0. The molecule has 0 aromatic heterocycles. The Labute approximate surface area is 192 Å². The highest BCUT2D eigenvalue weighted by atomic mass is 35.5. The number of carbonyl (C=O) groups excluding carboxylic acids is 1. The second kappa shape index (κ2) is 10.1. The van der Waals surface area contributed by atoms with Crippen LogP contribution in [0.15, 0.2) is 78.9 Å². The van der Waals surface area contributed by atoms with Gasteiger partial charge < -0.3 is 14.9 Å². The molecule has 0 saturated carbocycles. The summed E-state index contributed by atoms with van der Waals surface area (Å²) in [5.41, 5.74) is 3.14. The number of benzene rings is 3. The Hall–Kier alpha value is -2.63. The number of piperazine rings is 1. The molecular formula is C25H25ClN2O2S. The average Bonchev–Trinajstić information content (AvgIpc) is 2.81. The van der Waals surface area contributed by atoms with Gasteiger partial charge in [-0.05, 0) is 35.4 Å². The third kappa shape index (κ3) is 5.35. The maximum atomic E-state index is 12.9. The minimum Gasteiger partial charge on any atom is -0.506 e. The highest BCUT2D eigenvalue weighted by molar-refractivity contribution is 8.00. The lowest BCUT2D eigenvalue weighted by molar-refractivity contribution is -0.128. The molecule has 0 spiro atoms. The molecular weight excluding hydrogens is 428 g/mol. The molecule has 4 nitrogen and oxygen atoms in total. The van der Waals surface area contributed by atoms with Crippen LogP contribution in [0.1, 0.15) is 16.4 Å². The molecule has 1 amide bonds. The highest BCUT2D eigenvalue weighted by Gasteiger charge is 2.24. The topological polar surface area (TPSA) is 43.8 Å². The monoisotopic (exact) mass is 452 g/mol. The van der Waals surface area contributed by atoms with Gasteiger partial charge in [-0.1, -0.05) is 66.2 Å².